The van der Waals surface area contributed by atoms with Gasteiger partial charge in [0.2, 0.25) is 11.7 Å². The lowest BCUT2D eigenvalue weighted by Gasteiger charge is -2.17. The summed E-state index contributed by atoms with van der Waals surface area (Å²) in [7, 11) is 3.02. The summed E-state index contributed by atoms with van der Waals surface area (Å²) in [6.07, 6.45) is 0.616. The van der Waals surface area contributed by atoms with Crippen LogP contribution >= 0.6 is 11.3 Å². The minimum atomic E-state index is -0.939. The van der Waals surface area contributed by atoms with Crippen molar-refractivity contribution >= 4 is 27.5 Å². The molecular weight excluding hydrogens is 434 g/mol. The second kappa shape index (κ2) is 10.5. The summed E-state index contributed by atoms with van der Waals surface area (Å²) in [5, 5.41) is 13.4. The summed E-state index contributed by atoms with van der Waals surface area (Å²) < 4.78 is 17.6. The van der Waals surface area contributed by atoms with Gasteiger partial charge in [-0.25, -0.2) is 4.98 Å². The largest absolute Gasteiger partial charge is 0.493 e. The van der Waals surface area contributed by atoms with E-state index in [4.69, 9.17) is 14.2 Å². The smallest absolute Gasteiger partial charge is 0.262 e. The van der Waals surface area contributed by atoms with Gasteiger partial charge in [-0.3, -0.25) is 14.2 Å². The molecule has 3 aromatic rings. The van der Waals surface area contributed by atoms with E-state index in [0.29, 0.717) is 27.5 Å². The van der Waals surface area contributed by atoms with Crippen LogP contribution in [0.3, 0.4) is 0 Å². The van der Waals surface area contributed by atoms with Crippen molar-refractivity contribution in [2.45, 2.75) is 32.9 Å². The third-order valence-electron chi connectivity index (χ3n) is 5.07. The molecule has 32 heavy (non-hydrogen) atoms. The second-order valence-electron chi connectivity index (χ2n) is 7.22. The van der Waals surface area contributed by atoms with E-state index in [1.807, 2.05) is 13.8 Å². The van der Waals surface area contributed by atoms with Gasteiger partial charge in [0.05, 0.1) is 25.9 Å². The molecule has 10 heteroatoms. The molecule has 0 saturated heterocycles. The Kier molecular flexibility index (Phi) is 7.70. The molecule has 0 aliphatic rings. The Morgan fingerprint density at radius 1 is 1.25 bits per heavy atom. The quantitative estimate of drug-likeness (QED) is 0.475. The topological polar surface area (TPSA) is 112 Å². The first-order chi connectivity index (χ1) is 15.3. The highest BCUT2D eigenvalue weighted by atomic mass is 32.1. The van der Waals surface area contributed by atoms with Crippen molar-refractivity contribution < 1.29 is 24.1 Å². The molecular formula is C22H27N3O6S. The molecule has 1 atom stereocenters. The maximum atomic E-state index is 12.7. The fourth-order valence-electron chi connectivity index (χ4n) is 3.17. The number of nitrogens with zero attached hydrogens (tertiary/aromatic N) is 2. The number of aryl methyl sites for hydroxylation is 3. The average Bonchev–Trinajstić information content (AvgIpc) is 3.09. The van der Waals surface area contributed by atoms with Crippen LogP contribution < -0.4 is 25.1 Å². The zero-order valence-corrected chi connectivity index (χ0v) is 19.3. The maximum absolute atomic E-state index is 12.7. The van der Waals surface area contributed by atoms with Crippen molar-refractivity contribution in [2.75, 3.05) is 27.4 Å². The van der Waals surface area contributed by atoms with Crippen LogP contribution in [0.15, 0.2) is 29.3 Å². The first-order valence-electron chi connectivity index (χ1n) is 10.1. The highest BCUT2D eigenvalue weighted by Crippen LogP contribution is 2.36. The van der Waals surface area contributed by atoms with E-state index in [1.54, 1.807) is 18.2 Å². The highest BCUT2D eigenvalue weighted by Gasteiger charge is 2.15. The van der Waals surface area contributed by atoms with Gasteiger partial charge in [-0.05, 0) is 31.5 Å². The van der Waals surface area contributed by atoms with E-state index in [1.165, 1.54) is 36.5 Å². The SMILES string of the molecule is COc1cccc(OC)c1OCC(O)CNC(=O)CCn1cnc2sc(C)c(C)c2c1=O. The third kappa shape index (κ3) is 5.20. The van der Waals surface area contributed by atoms with Crippen LogP contribution in [-0.4, -0.2) is 54.0 Å². The number of thiophene rings is 1. The van der Waals surface area contributed by atoms with E-state index in [9.17, 15) is 14.7 Å². The van der Waals surface area contributed by atoms with Crippen molar-refractivity contribution in [1.82, 2.24) is 14.9 Å². The summed E-state index contributed by atoms with van der Waals surface area (Å²) in [5.74, 6) is 1.05. The second-order valence-corrected chi connectivity index (χ2v) is 8.42. The number of ether oxygens (including phenoxy) is 3. The summed E-state index contributed by atoms with van der Waals surface area (Å²) >= 11 is 1.49. The number of hydrogen-bond donors (Lipinski definition) is 2. The van der Waals surface area contributed by atoms with Gasteiger partial charge in [0.15, 0.2) is 11.5 Å². The van der Waals surface area contributed by atoms with Crippen LogP contribution in [0, 0.1) is 13.8 Å². The van der Waals surface area contributed by atoms with Gasteiger partial charge >= 0.3 is 0 Å². The lowest BCUT2D eigenvalue weighted by molar-refractivity contribution is -0.121. The van der Waals surface area contributed by atoms with Crippen LogP contribution in [0.2, 0.25) is 0 Å². The minimum Gasteiger partial charge on any atom is -0.493 e. The van der Waals surface area contributed by atoms with Crippen molar-refractivity contribution in [2.24, 2.45) is 0 Å². The predicted octanol–water partition coefficient (Wildman–Crippen LogP) is 2.04. The first-order valence-corrected chi connectivity index (χ1v) is 10.9. The molecule has 2 aromatic heterocycles. The van der Waals surface area contributed by atoms with Crippen LogP contribution in [0.5, 0.6) is 17.2 Å². The van der Waals surface area contributed by atoms with Crippen LogP contribution in [0.4, 0.5) is 0 Å². The fourth-order valence-corrected chi connectivity index (χ4v) is 4.16. The number of rotatable bonds is 10. The summed E-state index contributed by atoms with van der Waals surface area (Å²) in [6.45, 7) is 4.00. The Hall–Kier alpha value is -3.11. The van der Waals surface area contributed by atoms with Crippen molar-refractivity contribution in [3.63, 3.8) is 0 Å². The Bertz CT molecular complexity index is 1130. The Morgan fingerprint density at radius 2 is 1.94 bits per heavy atom. The summed E-state index contributed by atoms with van der Waals surface area (Å²) in [5.41, 5.74) is 0.778. The predicted molar refractivity (Wildman–Crippen MR) is 122 cm³/mol. The monoisotopic (exact) mass is 461 g/mol. The Balaban J connectivity index is 1.50. The normalized spacial score (nSPS) is 11.9. The molecule has 1 amide bonds. The molecule has 0 aliphatic heterocycles. The summed E-state index contributed by atoms with van der Waals surface area (Å²) in [6, 6.07) is 5.21. The van der Waals surface area contributed by atoms with Gasteiger partial charge < -0.3 is 24.6 Å². The lowest BCUT2D eigenvalue weighted by atomic mass is 10.2. The number of carbonyl (C=O) groups excluding carboxylic acids is 1. The van der Waals surface area contributed by atoms with Gasteiger partial charge in [0, 0.05) is 24.4 Å². The standard InChI is InChI=1S/C22H27N3O6S/c1-13-14(2)32-21-19(13)22(28)25(12-24-21)9-8-18(27)23-10-15(26)11-31-20-16(29-3)6-5-7-17(20)30-4/h5-7,12,15,26H,8-11H2,1-4H3,(H,23,27). The van der Waals surface area contributed by atoms with E-state index in [2.05, 4.69) is 10.3 Å². The number of amides is 1. The number of aliphatic hydroxyl groups is 1. The molecule has 0 saturated carbocycles. The number of nitrogens with one attached hydrogen (secondary N) is 1. The molecule has 3 rings (SSSR count). The van der Waals surface area contributed by atoms with Gasteiger partial charge in [0.25, 0.3) is 5.56 Å². The van der Waals surface area contributed by atoms with Crippen molar-refractivity contribution in [1.29, 1.82) is 0 Å². The van der Waals surface area contributed by atoms with Crippen LogP contribution in [0.25, 0.3) is 10.2 Å². The van der Waals surface area contributed by atoms with E-state index >= 15 is 0 Å². The number of aromatic nitrogens is 2. The molecule has 0 radical (unpaired) electrons. The highest BCUT2D eigenvalue weighted by molar-refractivity contribution is 7.18. The minimum absolute atomic E-state index is 0.00527. The van der Waals surface area contributed by atoms with Crippen LogP contribution in [0.1, 0.15) is 16.9 Å². The van der Waals surface area contributed by atoms with E-state index < -0.39 is 6.10 Å². The van der Waals surface area contributed by atoms with Gasteiger partial charge in [-0.1, -0.05) is 6.07 Å². The van der Waals surface area contributed by atoms with E-state index in [-0.39, 0.29) is 37.6 Å². The van der Waals surface area contributed by atoms with Crippen molar-refractivity contribution in [3.8, 4) is 17.2 Å². The maximum Gasteiger partial charge on any atom is 0.262 e. The molecule has 1 unspecified atom stereocenters. The number of para-hydroxylation sites is 1. The summed E-state index contributed by atoms with van der Waals surface area (Å²) in [4.78, 5) is 31.0. The molecule has 0 spiro atoms. The average molecular weight is 462 g/mol. The molecule has 9 nitrogen and oxygen atoms in total. The zero-order chi connectivity index (χ0) is 23.3. The molecule has 1 aromatic carbocycles. The number of aliphatic hydroxyl groups excluding tert-OH is 1. The van der Waals surface area contributed by atoms with Gasteiger partial charge in [-0.2, -0.15) is 0 Å². The molecule has 172 valence electrons. The number of carbonyl (C=O) groups is 1. The number of benzene rings is 1. The molecule has 0 bridgehead atoms. The Morgan fingerprint density at radius 3 is 2.59 bits per heavy atom. The molecule has 0 fully saturated rings. The first kappa shape index (κ1) is 23.6. The number of fused-ring (bicyclic) bond motifs is 1. The van der Waals surface area contributed by atoms with Gasteiger partial charge in [0.1, 0.15) is 17.5 Å². The van der Waals surface area contributed by atoms with Gasteiger partial charge in [-0.15, -0.1) is 11.3 Å². The number of methoxy groups -OCH3 is 2. The third-order valence-corrected chi connectivity index (χ3v) is 6.19. The molecule has 0 aliphatic carbocycles. The number of hydrogen-bond acceptors (Lipinski definition) is 8. The van der Waals surface area contributed by atoms with E-state index in [0.717, 1.165) is 10.4 Å². The zero-order valence-electron chi connectivity index (χ0n) is 18.5. The lowest BCUT2D eigenvalue weighted by Crippen LogP contribution is -2.36. The molecule has 2 heterocycles. The Labute approximate surface area is 189 Å². The van der Waals surface area contributed by atoms with Crippen molar-refractivity contribution in [3.05, 3.63) is 45.3 Å². The van der Waals surface area contributed by atoms with Crippen LogP contribution in [-0.2, 0) is 11.3 Å². The fraction of sp³-hybridized carbons (Fsp3) is 0.409. The molecule has 2 N–H and O–H groups in total.